The quantitative estimate of drug-likeness (QED) is 0.290. The van der Waals surface area contributed by atoms with Gasteiger partial charge in [0, 0.05) is 11.6 Å². The number of unbranched alkanes of at least 4 members (excludes halogenated alkanes) is 13. The third-order valence-corrected chi connectivity index (χ3v) is 5.98. The van der Waals surface area contributed by atoms with E-state index >= 15 is 0 Å². The molecule has 1 aromatic rings. The molecule has 26 heavy (non-hydrogen) atoms. The molecule has 0 radical (unpaired) electrons. The van der Waals surface area contributed by atoms with Crippen molar-refractivity contribution in [3.05, 3.63) is 22.5 Å². The molecule has 0 aromatic carbocycles. The molecule has 0 fully saturated rings. The summed E-state index contributed by atoms with van der Waals surface area (Å²) >= 11 is 0. The lowest BCUT2D eigenvalue weighted by Gasteiger charge is -2.25. The summed E-state index contributed by atoms with van der Waals surface area (Å²) < 4.78 is 5.30. The minimum Gasteiger partial charge on any atom is -0.413 e. The highest BCUT2D eigenvalue weighted by molar-refractivity contribution is 5.07. The molecule has 1 aromatic heterocycles. The van der Waals surface area contributed by atoms with Crippen LogP contribution in [0.1, 0.15) is 129 Å². The summed E-state index contributed by atoms with van der Waals surface area (Å²) in [6.45, 7) is 6.67. The molecule has 1 atom stereocenters. The smallest absolute Gasteiger partial charge is 0.413 e. The highest BCUT2D eigenvalue weighted by Crippen LogP contribution is 2.32. The molecule has 0 saturated heterocycles. The first kappa shape index (κ1) is 23.0. The fourth-order valence-corrected chi connectivity index (χ4v) is 3.76. The van der Waals surface area contributed by atoms with Crippen molar-refractivity contribution in [1.82, 2.24) is 4.98 Å². The number of hydrogen-bond acceptors (Lipinski definition) is 2. The maximum atomic E-state index is 11.2. The van der Waals surface area contributed by atoms with E-state index < -0.39 is 0 Å². The van der Waals surface area contributed by atoms with Gasteiger partial charge in [-0.1, -0.05) is 111 Å². The van der Waals surface area contributed by atoms with Crippen molar-refractivity contribution >= 4 is 0 Å². The number of oxazole rings is 1. The molecule has 1 rings (SSSR count). The Hall–Kier alpha value is -0.990. The van der Waals surface area contributed by atoms with Crippen molar-refractivity contribution in [2.75, 3.05) is 0 Å². The van der Waals surface area contributed by atoms with Crippen molar-refractivity contribution < 1.29 is 4.42 Å². The fourth-order valence-electron chi connectivity index (χ4n) is 3.76. The topological polar surface area (TPSA) is 46.0 Å². The minimum absolute atomic E-state index is 0.00368. The second kappa shape index (κ2) is 14.1. The maximum absolute atomic E-state index is 11.2. The highest BCUT2D eigenvalue weighted by Gasteiger charge is 2.27. The number of hydrogen-bond donors (Lipinski definition) is 1. The SMILES string of the molecule is CCCCCCCCCCCCCCCCC(C)(CC)c1c[nH]c(=O)o1. The molecule has 0 spiro atoms. The van der Waals surface area contributed by atoms with Gasteiger partial charge < -0.3 is 4.42 Å². The molecule has 1 heterocycles. The summed E-state index contributed by atoms with van der Waals surface area (Å²) in [5.74, 6) is 0.486. The van der Waals surface area contributed by atoms with Gasteiger partial charge in [-0.05, 0) is 12.8 Å². The van der Waals surface area contributed by atoms with E-state index in [-0.39, 0.29) is 11.2 Å². The molecule has 0 saturated carbocycles. The first-order valence-electron chi connectivity index (χ1n) is 11.3. The lowest BCUT2D eigenvalue weighted by atomic mass is 9.80. The maximum Gasteiger partial charge on any atom is 0.416 e. The first-order chi connectivity index (χ1) is 12.6. The zero-order valence-corrected chi connectivity index (χ0v) is 17.7. The summed E-state index contributed by atoms with van der Waals surface area (Å²) in [4.78, 5) is 13.9. The van der Waals surface area contributed by atoms with Crippen LogP contribution in [0.5, 0.6) is 0 Å². The second-order valence-electron chi connectivity index (χ2n) is 8.30. The van der Waals surface area contributed by atoms with Gasteiger partial charge in [0.2, 0.25) is 0 Å². The van der Waals surface area contributed by atoms with E-state index in [2.05, 4.69) is 25.8 Å². The predicted octanol–water partition coefficient (Wildman–Crippen LogP) is 7.51. The van der Waals surface area contributed by atoms with Crippen LogP contribution < -0.4 is 5.76 Å². The van der Waals surface area contributed by atoms with E-state index in [1.54, 1.807) is 6.20 Å². The van der Waals surface area contributed by atoms with Gasteiger partial charge in [-0.15, -0.1) is 0 Å². The average Bonchev–Trinajstić information content (AvgIpc) is 3.09. The van der Waals surface area contributed by atoms with Gasteiger partial charge in [-0.25, -0.2) is 4.79 Å². The Kier molecular flexibility index (Phi) is 12.5. The van der Waals surface area contributed by atoms with E-state index in [0.717, 1.165) is 18.6 Å². The monoisotopic (exact) mass is 365 g/mol. The van der Waals surface area contributed by atoms with Crippen molar-refractivity contribution in [2.24, 2.45) is 0 Å². The van der Waals surface area contributed by atoms with Crippen LogP contribution in [0.3, 0.4) is 0 Å². The van der Waals surface area contributed by atoms with Crippen LogP contribution in [0.25, 0.3) is 0 Å². The summed E-state index contributed by atoms with van der Waals surface area (Å²) in [6, 6.07) is 0. The molecule has 1 N–H and O–H groups in total. The molecule has 0 aliphatic rings. The molecular weight excluding hydrogens is 322 g/mol. The predicted molar refractivity (Wildman–Crippen MR) is 112 cm³/mol. The Morgan fingerprint density at radius 2 is 1.27 bits per heavy atom. The van der Waals surface area contributed by atoms with E-state index in [1.807, 2.05) is 0 Å². The molecule has 3 nitrogen and oxygen atoms in total. The fraction of sp³-hybridized carbons (Fsp3) is 0.870. The Bertz CT molecular complexity index is 490. The van der Waals surface area contributed by atoms with E-state index in [1.165, 1.54) is 89.9 Å². The third-order valence-electron chi connectivity index (χ3n) is 5.98. The van der Waals surface area contributed by atoms with Gasteiger partial charge in [0.25, 0.3) is 0 Å². The number of H-pyrrole nitrogens is 1. The highest BCUT2D eigenvalue weighted by atomic mass is 16.4. The van der Waals surface area contributed by atoms with Crippen LogP contribution in [0.15, 0.2) is 15.4 Å². The molecule has 0 bridgehead atoms. The van der Waals surface area contributed by atoms with E-state index in [4.69, 9.17) is 4.42 Å². The lowest BCUT2D eigenvalue weighted by molar-refractivity contribution is 0.308. The van der Waals surface area contributed by atoms with Crippen molar-refractivity contribution in [2.45, 2.75) is 129 Å². The second-order valence-corrected chi connectivity index (χ2v) is 8.30. The normalized spacial score (nSPS) is 13.8. The van der Waals surface area contributed by atoms with Crippen LogP contribution in [-0.2, 0) is 5.41 Å². The third kappa shape index (κ3) is 9.64. The van der Waals surface area contributed by atoms with E-state index in [9.17, 15) is 4.79 Å². The zero-order chi connectivity index (χ0) is 19.1. The van der Waals surface area contributed by atoms with Gasteiger partial charge in [0.15, 0.2) is 0 Å². The van der Waals surface area contributed by atoms with Crippen LogP contribution in [-0.4, -0.2) is 4.98 Å². The molecular formula is C23H43NO2. The van der Waals surface area contributed by atoms with Crippen LogP contribution in [0.4, 0.5) is 0 Å². The van der Waals surface area contributed by atoms with Gasteiger partial charge in [0.1, 0.15) is 5.76 Å². The molecule has 0 aliphatic heterocycles. The molecule has 0 amide bonds. The Morgan fingerprint density at radius 1 is 0.808 bits per heavy atom. The van der Waals surface area contributed by atoms with Crippen LogP contribution >= 0.6 is 0 Å². The van der Waals surface area contributed by atoms with Crippen LogP contribution in [0.2, 0.25) is 0 Å². The van der Waals surface area contributed by atoms with Gasteiger partial charge in [-0.3, -0.25) is 4.98 Å². The lowest BCUT2D eigenvalue weighted by Crippen LogP contribution is -2.20. The average molecular weight is 366 g/mol. The molecule has 152 valence electrons. The Labute approximate surface area is 161 Å². The van der Waals surface area contributed by atoms with Crippen molar-refractivity contribution in [1.29, 1.82) is 0 Å². The molecule has 3 heteroatoms. The van der Waals surface area contributed by atoms with Crippen LogP contribution in [0, 0.1) is 0 Å². The first-order valence-corrected chi connectivity index (χ1v) is 11.3. The number of aromatic nitrogens is 1. The Balaban J connectivity index is 1.95. The summed E-state index contributed by atoms with van der Waals surface area (Å²) in [7, 11) is 0. The van der Waals surface area contributed by atoms with E-state index in [0.29, 0.717) is 0 Å². The Morgan fingerprint density at radius 3 is 1.65 bits per heavy atom. The summed E-state index contributed by atoms with van der Waals surface area (Å²) in [5, 5.41) is 0. The summed E-state index contributed by atoms with van der Waals surface area (Å²) in [6.07, 6.45) is 23.3. The largest absolute Gasteiger partial charge is 0.416 e. The molecule has 1 unspecified atom stereocenters. The van der Waals surface area contributed by atoms with Gasteiger partial charge >= 0.3 is 5.76 Å². The van der Waals surface area contributed by atoms with Gasteiger partial charge in [0.05, 0.1) is 0 Å². The number of rotatable bonds is 17. The zero-order valence-electron chi connectivity index (χ0n) is 17.7. The minimum atomic E-state index is -0.333. The number of nitrogens with one attached hydrogen (secondary N) is 1. The summed E-state index contributed by atoms with van der Waals surface area (Å²) in [5.41, 5.74) is -0.00368. The van der Waals surface area contributed by atoms with Crippen molar-refractivity contribution in [3.63, 3.8) is 0 Å². The van der Waals surface area contributed by atoms with Gasteiger partial charge in [-0.2, -0.15) is 0 Å². The molecule has 0 aliphatic carbocycles. The standard InChI is InChI=1S/C23H43NO2/c1-4-6-7-8-9-10-11-12-13-14-15-16-17-18-19-23(3,5-2)21-20-24-22(25)26-21/h20H,4-19H2,1-3H3,(H,24,25). The number of aromatic amines is 1. The van der Waals surface area contributed by atoms with Crippen molar-refractivity contribution in [3.8, 4) is 0 Å².